The van der Waals surface area contributed by atoms with Crippen molar-refractivity contribution in [1.29, 1.82) is 0 Å². The lowest BCUT2D eigenvalue weighted by Gasteiger charge is -2.22. The molecule has 0 radical (unpaired) electrons. The zero-order valence-corrected chi connectivity index (χ0v) is 13.9. The van der Waals surface area contributed by atoms with E-state index in [1.54, 1.807) is 0 Å². The summed E-state index contributed by atoms with van der Waals surface area (Å²) in [5, 5.41) is 0.445. The first-order chi connectivity index (χ1) is 10.00. The topological polar surface area (TPSA) is 79.5 Å². The SMILES string of the molecule is CN(CCN1CCCC1)c1snc(N)c1S(=O)(=O)C1CC1. The Bertz CT molecular complexity index is 604. The lowest BCUT2D eigenvalue weighted by molar-refractivity contribution is 0.347. The zero-order chi connectivity index (χ0) is 15.0. The second-order valence-electron chi connectivity index (χ2n) is 5.92. The van der Waals surface area contributed by atoms with Gasteiger partial charge in [-0.1, -0.05) is 0 Å². The molecule has 118 valence electrons. The van der Waals surface area contributed by atoms with E-state index in [0.29, 0.717) is 5.00 Å². The fraction of sp³-hybridized carbons (Fsp3) is 0.769. The van der Waals surface area contributed by atoms with Crippen LogP contribution in [0.5, 0.6) is 0 Å². The van der Waals surface area contributed by atoms with Crippen molar-refractivity contribution in [2.24, 2.45) is 0 Å². The van der Waals surface area contributed by atoms with E-state index < -0.39 is 9.84 Å². The average molecular weight is 330 g/mol. The van der Waals surface area contributed by atoms with E-state index >= 15 is 0 Å². The Balaban J connectivity index is 1.75. The van der Waals surface area contributed by atoms with E-state index in [4.69, 9.17) is 5.73 Å². The van der Waals surface area contributed by atoms with Crippen molar-refractivity contribution in [2.75, 3.05) is 43.9 Å². The van der Waals surface area contributed by atoms with Gasteiger partial charge in [-0.15, -0.1) is 0 Å². The predicted molar refractivity (Wildman–Crippen MR) is 85.7 cm³/mol. The van der Waals surface area contributed by atoms with Crippen LogP contribution in [-0.2, 0) is 9.84 Å². The summed E-state index contributed by atoms with van der Waals surface area (Å²) in [6.07, 6.45) is 4.01. The van der Waals surface area contributed by atoms with Crippen LogP contribution in [0.3, 0.4) is 0 Å². The normalized spacial score (nSPS) is 20.0. The van der Waals surface area contributed by atoms with Crippen LogP contribution in [0.4, 0.5) is 10.8 Å². The number of sulfone groups is 1. The molecular formula is C13H22N4O2S2. The molecule has 1 saturated heterocycles. The van der Waals surface area contributed by atoms with E-state index in [9.17, 15) is 8.42 Å². The first-order valence-corrected chi connectivity index (χ1v) is 9.74. The van der Waals surface area contributed by atoms with E-state index in [2.05, 4.69) is 9.27 Å². The molecular weight excluding hydrogens is 308 g/mol. The quantitative estimate of drug-likeness (QED) is 0.844. The maximum Gasteiger partial charge on any atom is 0.187 e. The van der Waals surface area contributed by atoms with Gasteiger partial charge in [-0.2, -0.15) is 4.37 Å². The molecule has 0 atom stereocenters. The first-order valence-electron chi connectivity index (χ1n) is 7.42. The lowest BCUT2D eigenvalue weighted by Crippen LogP contribution is -2.31. The molecule has 0 aromatic carbocycles. The molecule has 3 rings (SSSR count). The van der Waals surface area contributed by atoms with Crippen molar-refractivity contribution in [2.45, 2.75) is 35.8 Å². The fourth-order valence-electron chi connectivity index (χ4n) is 2.74. The highest BCUT2D eigenvalue weighted by Crippen LogP contribution is 2.42. The Morgan fingerprint density at radius 1 is 1.38 bits per heavy atom. The molecule has 2 fully saturated rings. The summed E-state index contributed by atoms with van der Waals surface area (Å²) in [6.45, 7) is 4.05. The number of rotatable bonds is 6. The summed E-state index contributed by atoms with van der Waals surface area (Å²) in [5.41, 5.74) is 5.83. The molecule has 1 aliphatic heterocycles. The van der Waals surface area contributed by atoms with E-state index in [1.165, 1.54) is 24.4 Å². The Labute approximate surface area is 130 Å². The number of nitrogens with two attached hydrogens (primary N) is 1. The Morgan fingerprint density at radius 2 is 2.05 bits per heavy atom. The van der Waals surface area contributed by atoms with E-state index in [0.717, 1.165) is 39.0 Å². The third-order valence-electron chi connectivity index (χ3n) is 4.20. The minimum absolute atomic E-state index is 0.162. The van der Waals surface area contributed by atoms with Gasteiger partial charge in [-0.3, -0.25) is 0 Å². The number of hydrogen-bond donors (Lipinski definition) is 1. The van der Waals surface area contributed by atoms with Crippen LogP contribution in [0.15, 0.2) is 4.90 Å². The van der Waals surface area contributed by atoms with Crippen molar-refractivity contribution in [3.05, 3.63) is 0 Å². The van der Waals surface area contributed by atoms with Gasteiger partial charge in [-0.25, -0.2) is 8.42 Å². The van der Waals surface area contributed by atoms with Gasteiger partial charge >= 0.3 is 0 Å². The third kappa shape index (κ3) is 3.02. The maximum absolute atomic E-state index is 12.5. The number of aromatic nitrogens is 1. The summed E-state index contributed by atoms with van der Waals surface area (Å²) in [5.74, 6) is 0.162. The number of likely N-dealkylation sites (N-methyl/N-ethyl adjacent to an activating group) is 1. The molecule has 0 spiro atoms. The fourth-order valence-corrected chi connectivity index (χ4v) is 5.78. The summed E-state index contributed by atoms with van der Waals surface area (Å²) in [6, 6.07) is 0. The number of likely N-dealkylation sites (tertiary alicyclic amines) is 1. The lowest BCUT2D eigenvalue weighted by atomic mass is 10.4. The Hall–Kier alpha value is -0.860. The van der Waals surface area contributed by atoms with Gasteiger partial charge in [0.05, 0.1) is 5.25 Å². The maximum atomic E-state index is 12.5. The van der Waals surface area contributed by atoms with Crippen molar-refractivity contribution >= 4 is 32.2 Å². The van der Waals surface area contributed by atoms with Crippen LogP contribution in [0.2, 0.25) is 0 Å². The third-order valence-corrected chi connectivity index (χ3v) is 7.63. The summed E-state index contributed by atoms with van der Waals surface area (Å²) >= 11 is 1.19. The highest BCUT2D eigenvalue weighted by Gasteiger charge is 2.41. The van der Waals surface area contributed by atoms with Crippen LogP contribution in [0, 0.1) is 0 Å². The van der Waals surface area contributed by atoms with Gasteiger partial charge in [0.15, 0.2) is 15.7 Å². The number of hydrogen-bond acceptors (Lipinski definition) is 7. The molecule has 8 heteroatoms. The van der Waals surface area contributed by atoms with Crippen LogP contribution in [-0.4, -0.2) is 56.2 Å². The molecule has 0 bridgehead atoms. The van der Waals surface area contributed by atoms with Crippen LogP contribution in [0.1, 0.15) is 25.7 Å². The molecule has 1 aromatic heterocycles. The molecule has 6 nitrogen and oxygen atoms in total. The highest BCUT2D eigenvalue weighted by molar-refractivity contribution is 7.92. The minimum atomic E-state index is -3.30. The van der Waals surface area contributed by atoms with Gasteiger partial charge in [-0.05, 0) is 50.3 Å². The molecule has 1 saturated carbocycles. The Kier molecular flexibility index (Phi) is 4.11. The molecule has 2 N–H and O–H groups in total. The Morgan fingerprint density at radius 3 is 2.67 bits per heavy atom. The average Bonchev–Trinajstić information content (AvgIpc) is 3.05. The van der Waals surface area contributed by atoms with Crippen LogP contribution < -0.4 is 10.6 Å². The second-order valence-corrected chi connectivity index (χ2v) is 8.83. The summed E-state index contributed by atoms with van der Waals surface area (Å²) in [7, 11) is -1.37. The largest absolute Gasteiger partial charge is 0.382 e. The molecule has 1 aliphatic carbocycles. The number of nitrogens with zero attached hydrogens (tertiary/aromatic N) is 3. The zero-order valence-electron chi connectivity index (χ0n) is 12.3. The number of anilines is 2. The molecule has 1 aromatic rings. The summed E-state index contributed by atoms with van der Waals surface area (Å²) < 4.78 is 29.1. The first kappa shape index (κ1) is 15.1. The van der Waals surface area contributed by atoms with Crippen LogP contribution >= 0.6 is 11.5 Å². The molecule has 0 amide bonds. The van der Waals surface area contributed by atoms with Crippen LogP contribution in [0.25, 0.3) is 0 Å². The molecule has 0 unspecified atom stereocenters. The molecule has 2 aliphatic rings. The smallest absolute Gasteiger partial charge is 0.187 e. The highest BCUT2D eigenvalue weighted by atomic mass is 32.2. The predicted octanol–water partition coefficient (Wildman–Crippen LogP) is 1.19. The van der Waals surface area contributed by atoms with Gasteiger partial charge in [0.2, 0.25) is 0 Å². The second kappa shape index (κ2) is 5.73. The molecule has 2 heterocycles. The van der Waals surface area contributed by atoms with E-state index in [1.807, 2.05) is 11.9 Å². The van der Waals surface area contributed by atoms with Gasteiger partial charge < -0.3 is 15.5 Å². The molecule has 21 heavy (non-hydrogen) atoms. The number of nitrogen functional groups attached to an aromatic ring is 1. The minimum Gasteiger partial charge on any atom is -0.382 e. The standard InChI is InChI=1S/C13H22N4O2S2/c1-16(8-9-17-6-2-3-7-17)13-11(12(14)15-20-13)21(18,19)10-4-5-10/h10H,2-9H2,1H3,(H2,14,15). The van der Waals surface area contributed by atoms with Crippen molar-refractivity contribution in [3.8, 4) is 0 Å². The van der Waals surface area contributed by atoms with Gasteiger partial charge in [0.25, 0.3) is 0 Å². The van der Waals surface area contributed by atoms with Crippen molar-refractivity contribution in [3.63, 3.8) is 0 Å². The van der Waals surface area contributed by atoms with Gasteiger partial charge in [0, 0.05) is 20.1 Å². The van der Waals surface area contributed by atoms with Gasteiger partial charge in [0.1, 0.15) is 9.90 Å². The van der Waals surface area contributed by atoms with Crippen molar-refractivity contribution in [1.82, 2.24) is 9.27 Å². The van der Waals surface area contributed by atoms with Crippen molar-refractivity contribution < 1.29 is 8.42 Å². The summed E-state index contributed by atoms with van der Waals surface area (Å²) in [4.78, 5) is 4.66. The van der Waals surface area contributed by atoms with E-state index in [-0.39, 0.29) is 16.0 Å². The monoisotopic (exact) mass is 330 g/mol.